The number of guanidine groups is 1. The van der Waals surface area contributed by atoms with Gasteiger partial charge in [-0.05, 0) is 58.6 Å². The topological polar surface area (TPSA) is 64.1 Å². The summed E-state index contributed by atoms with van der Waals surface area (Å²) < 4.78 is 17.4. The van der Waals surface area contributed by atoms with Crippen molar-refractivity contribution in [2.45, 2.75) is 65.2 Å². The Kier molecular flexibility index (Phi) is 9.06. The predicted octanol–water partition coefficient (Wildman–Crippen LogP) is 3.42. The van der Waals surface area contributed by atoms with Crippen LogP contribution in [-0.4, -0.2) is 51.1 Å². The molecule has 0 unspecified atom stereocenters. The van der Waals surface area contributed by atoms with Gasteiger partial charge in [-0.25, -0.2) is 0 Å². The summed E-state index contributed by atoms with van der Waals surface area (Å²) in [5, 5.41) is 6.72. The maximum absolute atomic E-state index is 6.12. The molecule has 28 heavy (non-hydrogen) atoms. The van der Waals surface area contributed by atoms with Crippen LogP contribution in [0, 0.1) is 6.92 Å². The Morgan fingerprint density at radius 1 is 1.21 bits per heavy atom. The third kappa shape index (κ3) is 8.48. The average molecular weight is 392 g/mol. The molecule has 6 nitrogen and oxygen atoms in total. The van der Waals surface area contributed by atoms with E-state index in [9.17, 15) is 0 Å². The summed E-state index contributed by atoms with van der Waals surface area (Å²) in [6.45, 7) is 12.1. The van der Waals surface area contributed by atoms with Gasteiger partial charge in [0.25, 0.3) is 0 Å². The van der Waals surface area contributed by atoms with Gasteiger partial charge >= 0.3 is 0 Å². The van der Waals surface area contributed by atoms with Crippen molar-refractivity contribution in [2.24, 2.45) is 4.99 Å². The first-order chi connectivity index (χ1) is 13.4. The number of hydrogen-bond donors (Lipinski definition) is 2. The Bertz CT molecular complexity index is 620. The lowest BCUT2D eigenvalue weighted by atomic mass is 10.1. The molecular weight excluding hydrogens is 354 g/mol. The zero-order valence-electron chi connectivity index (χ0n) is 18.1. The molecular formula is C22H37N3O3. The number of aryl methyl sites for hydroxylation is 1. The van der Waals surface area contributed by atoms with Crippen LogP contribution in [0.3, 0.4) is 0 Å². The minimum Gasteiger partial charge on any atom is -0.488 e. The molecule has 0 saturated carbocycles. The quantitative estimate of drug-likeness (QED) is 0.404. The fraction of sp³-hybridized carbons (Fsp3) is 0.682. The SMILES string of the molecule is CN=C(NCCCOC1CCOCC1)NCc1ccc(C)cc1OC(C)(C)C. The first-order valence-electron chi connectivity index (χ1n) is 10.3. The Hall–Kier alpha value is -1.79. The van der Waals surface area contributed by atoms with Gasteiger partial charge in [-0.15, -0.1) is 0 Å². The largest absolute Gasteiger partial charge is 0.488 e. The number of benzene rings is 1. The predicted molar refractivity (Wildman–Crippen MR) is 114 cm³/mol. The maximum Gasteiger partial charge on any atom is 0.191 e. The molecule has 1 saturated heterocycles. The summed E-state index contributed by atoms with van der Waals surface area (Å²) in [6, 6.07) is 6.31. The fourth-order valence-corrected chi connectivity index (χ4v) is 3.00. The summed E-state index contributed by atoms with van der Waals surface area (Å²) in [4.78, 5) is 4.31. The molecule has 1 fully saturated rings. The van der Waals surface area contributed by atoms with Crippen LogP contribution in [0.1, 0.15) is 51.2 Å². The van der Waals surface area contributed by atoms with Gasteiger partial charge in [0.15, 0.2) is 5.96 Å². The van der Waals surface area contributed by atoms with Crippen molar-refractivity contribution in [3.63, 3.8) is 0 Å². The van der Waals surface area contributed by atoms with Gasteiger partial charge in [0, 0.05) is 45.5 Å². The van der Waals surface area contributed by atoms with Gasteiger partial charge in [0.05, 0.1) is 6.10 Å². The maximum atomic E-state index is 6.12. The van der Waals surface area contributed by atoms with Gasteiger partial charge in [0.1, 0.15) is 11.4 Å². The van der Waals surface area contributed by atoms with Crippen molar-refractivity contribution in [1.82, 2.24) is 10.6 Å². The van der Waals surface area contributed by atoms with E-state index in [1.54, 1.807) is 7.05 Å². The van der Waals surface area contributed by atoms with E-state index >= 15 is 0 Å². The monoisotopic (exact) mass is 391 g/mol. The molecule has 0 spiro atoms. The second-order valence-electron chi connectivity index (χ2n) is 8.21. The van der Waals surface area contributed by atoms with E-state index in [2.05, 4.69) is 61.5 Å². The van der Waals surface area contributed by atoms with Crippen LogP contribution in [0.2, 0.25) is 0 Å². The zero-order valence-corrected chi connectivity index (χ0v) is 18.1. The first kappa shape index (κ1) is 22.5. The van der Waals surface area contributed by atoms with E-state index in [1.165, 1.54) is 5.56 Å². The summed E-state index contributed by atoms with van der Waals surface area (Å²) in [5.41, 5.74) is 2.08. The highest BCUT2D eigenvalue weighted by Crippen LogP contribution is 2.24. The molecule has 2 N–H and O–H groups in total. The van der Waals surface area contributed by atoms with Crippen LogP contribution in [0.5, 0.6) is 5.75 Å². The summed E-state index contributed by atoms with van der Waals surface area (Å²) in [5.74, 6) is 1.70. The fourth-order valence-electron chi connectivity index (χ4n) is 3.00. The Morgan fingerprint density at radius 2 is 1.96 bits per heavy atom. The van der Waals surface area contributed by atoms with E-state index in [0.29, 0.717) is 12.6 Å². The second kappa shape index (κ2) is 11.3. The van der Waals surface area contributed by atoms with Gasteiger partial charge in [-0.3, -0.25) is 4.99 Å². The van der Waals surface area contributed by atoms with E-state index in [0.717, 1.165) is 62.9 Å². The van der Waals surface area contributed by atoms with Crippen molar-refractivity contribution >= 4 is 5.96 Å². The Balaban J connectivity index is 1.74. The molecule has 0 radical (unpaired) electrons. The van der Waals surface area contributed by atoms with Crippen LogP contribution in [0.15, 0.2) is 23.2 Å². The van der Waals surface area contributed by atoms with Crippen LogP contribution < -0.4 is 15.4 Å². The number of ether oxygens (including phenoxy) is 3. The highest BCUT2D eigenvalue weighted by molar-refractivity contribution is 5.79. The lowest BCUT2D eigenvalue weighted by Crippen LogP contribution is -2.38. The van der Waals surface area contributed by atoms with Gasteiger partial charge in [-0.2, -0.15) is 0 Å². The lowest BCUT2D eigenvalue weighted by molar-refractivity contribution is -0.0320. The molecule has 158 valence electrons. The van der Waals surface area contributed by atoms with Gasteiger partial charge in [-0.1, -0.05) is 12.1 Å². The van der Waals surface area contributed by atoms with Crippen LogP contribution in [0.25, 0.3) is 0 Å². The highest BCUT2D eigenvalue weighted by Gasteiger charge is 2.15. The smallest absolute Gasteiger partial charge is 0.191 e. The zero-order chi connectivity index (χ0) is 20.4. The van der Waals surface area contributed by atoms with Crippen molar-refractivity contribution in [3.8, 4) is 5.75 Å². The van der Waals surface area contributed by atoms with E-state index < -0.39 is 0 Å². The molecule has 0 amide bonds. The number of nitrogens with one attached hydrogen (secondary N) is 2. The average Bonchev–Trinajstić information content (AvgIpc) is 2.65. The van der Waals surface area contributed by atoms with Crippen LogP contribution in [0.4, 0.5) is 0 Å². The first-order valence-corrected chi connectivity index (χ1v) is 10.3. The summed E-state index contributed by atoms with van der Waals surface area (Å²) in [7, 11) is 1.79. The molecule has 1 aliphatic rings. The number of nitrogens with zero attached hydrogens (tertiary/aromatic N) is 1. The van der Waals surface area contributed by atoms with E-state index in [-0.39, 0.29) is 5.60 Å². The van der Waals surface area contributed by atoms with Crippen LogP contribution in [-0.2, 0) is 16.0 Å². The van der Waals surface area contributed by atoms with Crippen molar-refractivity contribution in [2.75, 3.05) is 33.4 Å². The number of aliphatic imine (C=N–C) groups is 1. The van der Waals surface area contributed by atoms with Crippen LogP contribution >= 0.6 is 0 Å². The van der Waals surface area contributed by atoms with Crippen molar-refractivity contribution in [1.29, 1.82) is 0 Å². The Morgan fingerprint density at radius 3 is 2.64 bits per heavy atom. The van der Waals surface area contributed by atoms with Crippen molar-refractivity contribution in [3.05, 3.63) is 29.3 Å². The van der Waals surface area contributed by atoms with Gasteiger partial charge in [0.2, 0.25) is 0 Å². The molecule has 0 aromatic heterocycles. The summed E-state index contributed by atoms with van der Waals surface area (Å²) >= 11 is 0. The van der Waals surface area contributed by atoms with Crippen molar-refractivity contribution < 1.29 is 14.2 Å². The molecule has 1 aromatic rings. The molecule has 2 rings (SSSR count). The molecule has 6 heteroatoms. The summed E-state index contributed by atoms with van der Waals surface area (Å²) in [6.07, 6.45) is 3.31. The lowest BCUT2D eigenvalue weighted by Gasteiger charge is -2.24. The third-order valence-electron chi connectivity index (χ3n) is 4.44. The van der Waals surface area contributed by atoms with E-state index in [1.807, 2.05) is 0 Å². The molecule has 1 aromatic carbocycles. The normalized spacial score (nSPS) is 16.1. The van der Waals surface area contributed by atoms with Gasteiger partial charge < -0.3 is 24.8 Å². The van der Waals surface area contributed by atoms with E-state index in [4.69, 9.17) is 14.2 Å². The second-order valence-corrected chi connectivity index (χ2v) is 8.21. The minimum atomic E-state index is -0.229. The number of hydrogen-bond acceptors (Lipinski definition) is 4. The Labute approximate surface area is 170 Å². The molecule has 0 aliphatic carbocycles. The molecule has 1 aliphatic heterocycles. The molecule has 1 heterocycles. The molecule has 0 atom stereocenters. The minimum absolute atomic E-state index is 0.229. The number of rotatable bonds is 8. The standard InChI is InChI=1S/C22H37N3O3/c1-17-7-8-18(20(15-17)28-22(2,3)4)16-25-21(23-5)24-11-6-12-27-19-9-13-26-14-10-19/h7-8,15,19H,6,9-14,16H2,1-5H3,(H2,23,24,25). The third-order valence-corrected chi connectivity index (χ3v) is 4.44. The molecule has 0 bridgehead atoms. The highest BCUT2D eigenvalue weighted by atomic mass is 16.5.